The Hall–Kier alpha value is -0.107. The Balaban J connectivity index is 0.00000100. The van der Waals surface area contributed by atoms with Gasteiger partial charge in [0.05, 0.1) is 16.2 Å². The van der Waals surface area contributed by atoms with E-state index in [4.69, 9.17) is 118 Å². The van der Waals surface area contributed by atoms with Crippen molar-refractivity contribution in [3.05, 3.63) is 90.7 Å². The molecule has 0 aliphatic carbocycles. The number of hydrogen-bond donors (Lipinski definition) is 0. The first-order valence-electron chi connectivity index (χ1n) is 23.4. The van der Waals surface area contributed by atoms with Crippen molar-refractivity contribution in [2.24, 2.45) is 0 Å². The average molecular weight is 1250 g/mol. The molecule has 10 nitrogen and oxygen atoms in total. The van der Waals surface area contributed by atoms with E-state index in [9.17, 15) is 21.2 Å². The van der Waals surface area contributed by atoms with Gasteiger partial charge in [-0.05, 0) is 156 Å². The van der Waals surface area contributed by atoms with Crippen molar-refractivity contribution in [1.29, 1.82) is 0 Å². The van der Waals surface area contributed by atoms with Gasteiger partial charge in [0.2, 0.25) is 5.95 Å². The fraction of sp³-hybridized carbons (Fsp3) is 0.412. The van der Waals surface area contributed by atoms with E-state index >= 15 is 0 Å². The highest BCUT2D eigenvalue weighted by Crippen LogP contribution is 2.36. The fourth-order valence-electron chi connectivity index (χ4n) is 7.66. The third-order valence-corrected chi connectivity index (χ3v) is 17.6. The lowest BCUT2D eigenvalue weighted by Gasteiger charge is -2.48. The molecule has 1 saturated heterocycles. The summed E-state index contributed by atoms with van der Waals surface area (Å²) in [5.74, 6) is -0.435. The van der Waals surface area contributed by atoms with Crippen LogP contribution in [0.5, 0.6) is 0 Å². The van der Waals surface area contributed by atoms with Crippen LogP contribution >= 0.6 is 59.6 Å². The molecule has 0 aromatic carbocycles. The normalized spacial score (nSPS) is 12.7. The van der Waals surface area contributed by atoms with Crippen molar-refractivity contribution in [1.82, 2.24) is 19.9 Å². The molecule has 0 amide bonds. The average Bonchev–Trinajstić information content (AvgIpc) is 3.50. The van der Waals surface area contributed by atoms with Crippen molar-refractivity contribution < 1.29 is 30.5 Å². The van der Waals surface area contributed by atoms with E-state index in [-0.39, 0.29) is 17.5 Å². The molecule has 0 bridgehead atoms. The predicted octanol–water partition coefficient (Wildman–Crippen LogP) is -1.45. The molecule has 0 N–H and O–H groups in total. The van der Waals surface area contributed by atoms with Crippen LogP contribution in [-0.4, -0.2) is 259 Å². The monoisotopic (exact) mass is 1250 g/mol. The standard InChI is InChI=1S/C13H20BNO4S.C7H8BrNO2S.C7H8BrNS.C6H5BrFN.CH4.B26/c1-9-7-11(20(6,16)17)15-8-10(9)14-18-12(2,3)13(4,5)19-14;1-5-3-7(12(2,10)11)9-4-6(5)8;1-5-3-7(10-2)9-4-6(5)8;1-4-2-6(8)9-3-5(4)7;;1-15(2)22(16(3)4)25(21(13)14)26(23(17(5)6)18(7)8)24(19(9)10)20(11)12/h7-8H,1-6H3;3-4H,1-2H3;3-4H,1-2H3;2-3H,1H3;1H4;. The molecule has 1 aliphatic heterocycles. The Bertz CT molecular complexity index is 2700. The van der Waals surface area contributed by atoms with E-state index in [1.165, 1.54) is 30.2 Å². The predicted molar refractivity (Wildman–Crippen MR) is 369 cm³/mol. The molecule has 1 fully saturated rings. The van der Waals surface area contributed by atoms with Gasteiger partial charge in [0.1, 0.15) is 0 Å². The number of thioether (sulfide) groups is 1. The third-order valence-electron chi connectivity index (χ3n) is 12.5. The summed E-state index contributed by atoms with van der Waals surface area (Å²) in [6.45, 7) is 15.4. The number of nitrogens with zero attached hydrogens (tertiary/aromatic N) is 4. The highest BCUT2D eigenvalue weighted by molar-refractivity contribution is 9.11. The molecule has 28 radical (unpaired) electrons. The van der Waals surface area contributed by atoms with Gasteiger partial charge in [-0.1, -0.05) is 7.43 Å². The van der Waals surface area contributed by atoms with Crippen LogP contribution in [0, 0.1) is 33.6 Å². The van der Waals surface area contributed by atoms with Gasteiger partial charge in [0, 0.05) is 241 Å². The Morgan fingerprint density at radius 2 is 0.808 bits per heavy atom. The second-order valence-electron chi connectivity index (χ2n) is 19.4. The summed E-state index contributed by atoms with van der Waals surface area (Å²) in [5.41, 5.74) is 3.65. The van der Waals surface area contributed by atoms with Crippen molar-refractivity contribution in [3.8, 4) is 0 Å². The highest BCUT2D eigenvalue weighted by Gasteiger charge is 2.53. The topological polar surface area (TPSA) is 138 Å². The zero-order valence-electron chi connectivity index (χ0n) is 45.2. The van der Waals surface area contributed by atoms with E-state index < -0.39 is 121 Å². The molecular formula is C34H45B27Br3FN4O6S3. The van der Waals surface area contributed by atoms with Crippen molar-refractivity contribution in [2.45, 2.75) is 89.1 Å². The second-order valence-corrected chi connectivity index (χ2v) is 26.8. The van der Waals surface area contributed by atoms with Crippen molar-refractivity contribution in [2.75, 3.05) is 18.8 Å². The first kappa shape index (κ1) is 77.9. The van der Waals surface area contributed by atoms with Crippen LogP contribution in [0.1, 0.15) is 57.4 Å². The number of halogens is 4. The smallest absolute Gasteiger partial charge is 0.399 e. The first-order valence-corrected chi connectivity index (χ1v) is 30.8. The summed E-state index contributed by atoms with van der Waals surface area (Å²) in [6, 6.07) is 6.54. The summed E-state index contributed by atoms with van der Waals surface area (Å²) in [7, 11) is 75.9. The van der Waals surface area contributed by atoms with Gasteiger partial charge >= 0.3 is 7.12 Å². The Labute approximate surface area is 520 Å². The van der Waals surface area contributed by atoms with E-state index in [1.807, 2.05) is 60.9 Å². The quantitative estimate of drug-likeness (QED) is 0.0787. The number of aryl methyl sites for hydroxylation is 4. The maximum absolute atomic E-state index is 12.2. The van der Waals surface area contributed by atoms with Crippen LogP contribution in [0.4, 0.5) is 4.39 Å². The summed E-state index contributed by atoms with van der Waals surface area (Å²) in [5, 5.41) is 1.25. The Morgan fingerprint density at radius 1 is 0.500 bits per heavy atom. The SMILES string of the molecule is C.CSc1cc(C)c(Br)cn1.Cc1cc(F)ncc1Br.Cc1cc(S(C)(=O)=O)ncc1B1OC(C)(C)C(C)(C)O1.Cc1cc(S(C)(=O)=O)ncc1Br.[B]B([B])B(B([B])[B])B(B([B])[B])B(B(B([B])[B])B([B])[B])B(B([B])[B])B([B])[B]. The van der Waals surface area contributed by atoms with Crippen LogP contribution < -0.4 is 5.46 Å². The zero-order chi connectivity index (χ0) is 60.0. The maximum atomic E-state index is 12.2. The van der Waals surface area contributed by atoms with Crippen LogP contribution in [0.3, 0.4) is 0 Å². The van der Waals surface area contributed by atoms with Crippen LogP contribution in [-0.2, 0) is 29.0 Å². The number of rotatable bonds is 15. The molecule has 0 spiro atoms. The molecule has 5 rings (SSSR count). The molecular weight excluding hydrogens is 1210 g/mol. The molecule has 78 heavy (non-hydrogen) atoms. The molecule has 0 unspecified atom stereocenters. The second kappa shape index (κ2) is 34.1. The van der Waals surface area contributed by atoms with E-state index in [2.05, 4.69) is 80.7 Å². The summed E-state index contributed by atoms with van der Waals surface area (Å²) in [6.07, 6.45) is -0.254. The maximum Gasteiger partial charge on any atom is 0.496 e. The largest absolute Gasteiger partial charge is 0.496 e. The van der Waals surface area contributed by atoms with Gasteiger partial charge in [-0.15, -0.1) is 11.8 Å². The van der Waals surface area contributed by atoms with E-state index in [0.717, 1.165) is 53.1 Å². The molecule has 0 saturated carbocycles. The molecule has 44 heteroatoms. The van der Waals surface area contributed by atoms with Gasteiger partial charge in [-0.2, -0.15) is 4.39 Å². The zero-order valence-corrected chi connectivity index (χ0v) is 52.4. The summed E-state index contributed by atoms with van der Waals surface area (Å²) >= 11 is 11.5. The van der Waals surface area contributed by atoms with Gasteiger partial charge in [-0.25, -0.2) is 36.8 Å². The van der Waals surface area contributed by atoms with Crippen LogP contribution in [0.2, 0.25) is 0 Å². The summed E-state index contributed by atoms with van der Waals surface area (Å²) in [4.78, 5) is 15.4. The van der Waals surface area contributed by atoms with E-state index in [1.54, 1.807) is 23.9 Å². The van der Waals surface area contributed by atoms with Crippen LogP contribution in [0.25, 0.3) is 0 Å². The van der Waals surface area contributed by atoms with Crippen molar-refractivity contribution >= 4 is 277 Å². The fourth-order valence-corrected chi connectivity index (χ4v) is 10.0. The van der Waals surface area contributed by atoms with Gasteiger partial charge < -0.3 is 9.31 Å². The van der Waals surface area contributed by atoms with Gasteiger partial charge in [0.15, 0.2) is 29.7 Å². The minimum absolute atomic E-state index is 0. The number of sulfone groups is 2. The van der Waals surface area contributed by atoms with E-state index in [0.29, 0.717) is 0 Å². The molecule has 4 aromatic heterocycles. The lowest BCUT2D eigenvalue weighted by molar-refractivity contribution is 0.00578. The Kier molecular flexibility index (Phi) is 34.1. The Morgan fingerprint density at radius 3 is 1.10 bits per heavy atom. The number of pyridine rings is 4. The third kappa shape index (κ3) is 24.1. The minimum Gasteiger partial charge on any atom is -0.399 e. The number of hydrogen-bond acceptors (Lipinski definition) is 11. The lowest BCUT2D eigenvalue weighted by Crippen LogP contribution is -2.86. The summed E-state index contributed by atoms with van der Waals surface area (Å²) < 4.78 is 71.9. The van der Waals surface area contributed by atoms with Crippen LogP contribution in [0.15, 0.2) is 77.5 Å². The highest BCUT2D eigenvalue weighted by atomic mass is 79.9. The molecule has 1 aliphatic rings. The molecule has 4 aromatic rings. The molecule has 0 atom stereocenters. The minimum atomic E-state index is -3.30. The first-order chi connectivity index (χ1) is 35.0. The van der Waals surface area contributed by atoms with Gasteiger partial charge in [-0.3, -0.25) is 0 Å². The van der Waals surface area contributed by atoms with Crippen molar-refractivity contribution in [3.63, 3.8) is 0 Å². The molecule has 5 heterocycles. The number of aromatic nitrogens is 4. The van der Waals surface area contributed by atoms with Gasteiger partial charge in [0.25, 0.3) is 0 Å². The molecule has 364 valence electrons. The lowest BCUT2D eigenvalue weighted by atomic mass is 8.34.